The summed E-state index contributed by atoms with van der Waals surface area (Å²) in [6.07, 6.45) is -4.27. The predicted molar refractivity (Wildman–Crippen MR) is 172 cm³/mol. The van der Waals surface area contributed by atoms with Crippen molar-refractivity contribution in [2.45, 2.75) is 26.4 Å². The number of hydrogen-bond donors (Lipinski definition) is 0. The first-order chi connectivity index (χ1) is 22.6. The number of halogens is 3. The molecule has 0 N–H and O–H groups in total. The third-order valence-corrected chi connectivity index (χ3v) is 9.66. The molecule has 2 aromatic heterocycles. The number of carbonyl (C=O) groups excluding carboxylic acids is 2. The molecule has 2 saturated heterocycles. The fourth-order valence-corrected chi connectivity index (χ4v) is 7.43. The summed E-state index contributed by atoms with van der Waals surface area (Å²) in [6, 6.07) is 10.5. The second-order valence-electron chi connectivity index (χ2n) is 13.0. The number of alkyl halides is 3. The van der Waals surface area contributed by atoms with E-state index in [1.807, 2.05) is 26.0 Å². The molecule has 2 bridgehead atoms. The van der Waals surface area contributed by atoms with Gasteiger partial charge < -0.3 is 9.80 Å². The highest BCUT2D eigenvalue weighted by molar-refractivity contribution is 5.99. The number of nitrogens with zero attached hydrogens (tertiary/aromatic N) is 4. The topological polar surface area (TPSA) is 119 Å². The quantitative estimate of drug-likeness (QED) is 0.294. The molecule has 2 unspecified atom stereocenters. The molecule has 10 nitrogen and oxygen atoms in total. The molecule has 0 saturated carbocycles. The molecule has 2 aliphatic rings. The van der Waals surface area contributed by atoms with Crippen molar-refractivity contribution in [3.8, 4) is 5.69 Å². The van der Waals surface area contributed by atoms with Crippen LogP contribution in [0.25, 0.3) is 27.2 Å². The maximum Gasteiger partial charge on any atom is 0.417 e. The minimum absolute atomic E-state index is 0.0785. The summed E-state index contributed by atoms with van der Waals surface area (Å²) in [6.45, 7) is 4.89. The molecular weight excluding hydrogens is 629 g/mol. The van der Waals surface area contributed by atoms with Crippen LogP contribution in [-0.4, -0.2) is 56.9 Å². The Kier molecular flexibility index (Phi) is 7.08. The molecule has 2 fully saturated rings. The molecule has 2 amide bonds. The Morgan fingerprint density at radius 1 is 0.667 bits per heavy atom. The smallest absolute Gasteiger partial charge is 0.338 e. The number of benzene rings is 3. The first kappa shape index (κ1) is 31.3. The first-order valence-corrected chi connectivity index (χ1v) is 15.4. The number of fused-ring (bicyclic) bond motifs is 4. The van der Waals surface area contributed by atoms with Crippen LogP contribution in [0.3, 0.4) is 0 Å². The van der Waals surface area contributed by atoms with Crippen molar-refractivity contribution in [3.63, 3.8) is 0 Å². The summed E-state index contributed by atoms with van der Waals surface area (Å²) in [5.74, 6) is -1.19. The number of carbonyl (C=O) groups is 2. The van der Waals surface area contributed by atoms with E-state index in [-0.39, 0.29) is 52.4 Å². The average Bonchev–Trinajstić information content (AvgIpc) is 3.41. The monoisotopic (exact) mass is 658 g/mol. The number of amides is 2. The molecule has 0 radical (unpaired) electrons. The van der Waals surface area contributed by atoms with Gasteiger partial charge in [0, 0.05) is 38.8 Å². The summed E-state index contributed by atoms with van der Waals surface area (Å²) < 4.78 is 44.9. The molecule has 0 aliphatic carbocycles. The minimum Gasteiger partial charge on any atom is -0.338 e. The van der Waals surface area contributed by atoms with E-state index in [4.69, 9.17) is 0 Å². The van der Waals surface area contributed by atoms with Crippen LogP contribution in [0, 0.1) is 25.7 Å². The van der Waals surface area contributed by atoms with Crippen molar-refractivity contribution in [2.24, 2.45) is 18.9 Å². The molecule has 3 aromatic carbocycles. The van der Waals surface area contributed by atoms with Crippen LogP contribution >= 0.6 is 0 Å². The zero-order chi connectivity index (χ0) is 34.4. The highest BCUT2D eigenvalue weighted by atomic mass is 19.4. The van der Waals surface area contributed by atoms with Crippen molar-refractivity contribution in [3.05, 3.63) is 118 Å². The van der Waals surface area contributed by atoms with E-state index in [9.17, 15) is 41.9 Å². The van der Waals surface area contributed by atoms with Gasteiger partial charge in [-0.3, -0.25) is 33.3 Å². The second kappa shape index (κ2) is 10.9. The first-order valence-electron chi connectivity index (χ1n) is 15.4. The Morgan fingerprint density at radius 2 is 1.15 bits per heavy atom. The molecule has 0 spiro atoms. The SMILES string of the molecule is Cc1ccc(C(=O)N2CC3CC(C2)CN(C(=O)c2ccc(-n4c(=O)c5cc6c(=O)n(C)c(=O)c6cc5c4=O)cc2C(F)(F)F)C3)c(C)c1. The fourth-order valence-electron chi connectivity index (χ4n) is 7.43. The number of likely N-dealkylation sites (tertiary alicyclic amines) is 2. The van der Waals surface area contributed by atoms with Crippen molar-refractivity contribution in [1.82, 2.24) is 18.9 Å². The van der Waals surface area contributed by atoms with Crippen LogP contribution in [0.5, 0.6) is 0 Å². The number of rotatable bonds is 3. The highest BCUT2D eigenvalue weighted by Crippen LogP contribution is 2.36. The van der Waals surface area contributed by atoms with Gasteiger partial charge in [0.25, 0.3) is 34.1 Å². The normalized spacial score (nSPS) is 18.2. The maximum atomic E-state index is 14.5. The molecule has 7 rings (SSSR count). The Balaban J connectivity index is 1.19. The molecular formula is C35H29F3N4O6. The number of aromatic nitrogens is 2. The van der Waals surface area contributed by atoms with E-state index in [1.165, 1.54) is 11.9 Å². The Hall–Kier alpha value is -5.33. The third kappa shape index (κ3) is 4.87. The summed E-state index contributed by atoms with van der Waals surface area (Å²) in [5.41, 5.74) is -3.08. The van der Waals surface area contributed by atoms with E-state index in [0.717, 1.165) is 46.4 Å². The van der Waals surface area contributed by atoms with E-state index < -0.39 is 51.1 Å². The van der Waals surface area contributed by atoms with Gasteiger partial charge in [-0.2, -0.15) is 13.2 Å². The van der Waals surface area contributed by atoms with Gasteiger partial charge in [0.2, 0.25) is 0 Å². The van der Waals surface area contributed by atoms with Gasteiger partial charge in [-0.05, 0) is 74.1 Å². The van der Waals surface area contributed by atoms with Crippen LogP contribution in [0.2, 0.25) is 0 Å². The van der Waals surface area contributed by atoms with Gasteiger partial charge >= 0.3 is 6.18 Å². The average molecular weight is 659 g/mol. The Morgan fingerprint density at radius 3 is 1.65 bits per heavy atom. The van der Waals surface area contributed by atoms with Crippen LogP contribution in [-0.2, 0) is 13.2 Å². The lowest BCUT2D eigenvalue weighted by molar-refractivity contribution is -0.138. The van der Waals surface area contributed by atoms with E-state index in [1.54, 1.807) is 11.0 Å². The lowest BCUT2D eigenvalue weighted by Crippen LogP contribution is -2.55. The van der Waals surface area contributed by atoms with Crippen LogP contribution in [0.15, 0.2) is 67.7 Å². The predicted octanol–water partition coefficient (Wildman–Crippen LogP) is 3.31. The molecule has 2 aliphatic heterocycles. The molecule has 4 heterocycles. The van der Waals surface area contributed by atoms with E-state index >= 15 is 0 Å². The molecule has 5 aromatic rings. The van der Waals surface area contributed by atoms with Crippen LogP contribution in [0.1, 0.15) is 43.8 Å². The summed E-state index contributed by atoms with van der Waals surface area (Å²) in [5, 5.41) is -0.585. The fraction of sp³-hybridized carbons (Fsp3) is 0.314. The highest BCUT2D eigenvalue weighted by Gasteiger charge is 2.41. The van der Waals surface area contributed by atoms with Gasteiger partial charge in [0.05, 0.1) is 38.4 Å². The van der Waals surface area contributed by atoms with Crippen molar-refractivity contribution < 1.29 is 22.8 Å². The molecule has 48 heavy (non-hydrogen) atoms. The van der Waals surface area contributed by atoms with Gasteiger partial charge in [-0.15, -0.1) is 0 Å². The molecule has 2 atom stereocenters. The van der Waals surface area contributed by atoms with Gasteiger partial charge in [-0.25, -0.2) is 4.57 Å². The summed E-state index contributed by atoms with van der Waals surface area (Å²) in [4.78, 5) is 81.7. The lowest BCUT2D eigenvalue weighted by atomic mass is 9.84. The van der Waals surface area contributed by atoms with Gasteiger partial charge in [0.1, 0.15) is 0 Å². The van der Waals surface area contributed by atoms with E-state index in [0.29, 0.717) is 29.3 Å². The Bertz CT molecular complexity index is 2320. The van der Waals surface area contributed by atoms with Crippen molar-refractivity contribution >= 4 is 33.4 Å². The van der Waals surface area contributed by atoms with Crippen molar-refractivity contribution in [2.75, 3.05) is 26.2 Å². The van der Waals surface area contributed by atoms with E-state index in [2.05, 4.69) is 0 Å². The number of aryl methyl sites for hydroxylation is 2. The van der Waals surface area contributed by atoms with Crippen molar-refractivity contribution in [1.29, 1.82) is 0 Å². The second-order valence-corrected chi connectivity index (χ2v) is 13.0. The summed E-state index contributed by atoms with van der Waals surface area (Å²) >= 11 is 0. The maximum absolute atomic E-state index is 14.5. The van der Waals surface area contributed by atoms with Gasteiger partial charge in [0.15, 0.2) is 0 Å². The van der Waals surface area contributed by atoms with Crippen LogP contribution < -0.4 is 22.2 Å². The summed E-state index contributed by atoms with van der Waals surface area (Å²) in [7, 11) is 1.26. The zero-order valence-electron chi connectivity index (χ0n) is 26.2. The Labute approximate surface area is 269 Å². The lowest BCUT2D eigenvalue weighted by Gasteiger charge is -2.46. The third-order valence-electron chi connectivity index (χ3n) is 9.66. The molecule has 13 heteroatoms. The van der Waals surface area contributed by atoms with Gasteiger partial charge in [-0.1, -0.05) is 17.7 Å². The zero-order valence-corrected chi connectivity index (χ0v) is 26.2. The largest absolute Gasteiger partial charge is 0.417 e. The minimum atomic E-state index is -5.01. The standard InChI is InChI=1S/C35H29F3N4O6/c1-17-4-6-22(18(2)8-17)31(45)40-13-19-9-20(14-40)16-41(15-19)32(46)23-7-5-21(10-28(23)35(36,37)38)42-33(47)26-11-24-25(12-27(26)34(42)48)30(44)39(3)29(24)43/h4-8,10-12,19-20H,9,13-16H2,1-3H3. The number of piperidine rings is 2. The molecule has 246 valence electrons. The number of hydrogen-bond acceptors (Lipinski definition) is 6. The van der Waals surface area contributed by atoms with Crippen LogP contribution in [0.4, 0.5) is 13.2 Å².